The van der Waals surface area contributed by atoms with Gasteiger partial charge in [0.1, 0.15) is 5.82 Å². The molecule has 0 unspecified atom stereocenters. The summed E-state index contributed by atoms with van der Waals surface area (Å²) in [4.78, 5) is 16.6. The fourth-order valence-electron chi connectivity index (χ4n) is 5.15. The maximum absolute atomic E-state index is 14.5. The van der Waals surface area contributed by atoms with Crippen molar-refractivity contribution >= 4 is 11.5 Å². The summed E-state index contributed by atoms with van der Waals surface area (Å²) in [6.45, 7) is 0.997. The molecule has 2 aliphatic rings. The zero-order valence-corrected chi connectivity index (χ0v) is 21.7. The van der Waals surface area contributed by atoms with Crippen LogP contribution in [0.4, 0.5) is 4.39 Å². The van der Waals surface area contributed by atoms with E-state index in [1.54, 1.807) is 23.1 Å². The van der Waals surface area contributed by atoms with Gasteiger partial charge in [0.2, 0.25) is 0 Å². The first kappa shape index (κ1) is 25.0. The number of fused-ring (bicyclic) bond motifs is 1. The van der Waals surface area contributed by atoms with Crippen molar-refractivity contribution in [3.05, 3.63) is 106 Å². The first-order valence-corrected chi connectivity index (χ1v) is 13.5. The van der Waals surface area contributed by atoms with Gasteiger partial charge in [-0.25, -0.2) is 4.39 Å². The molecule has 0 radical (unpaired) electrons. The number of benzene rings is 1. The maximum atomic E-state index is 14.5. The standard InChI is InChI=1S/C30H30FN7O/c31-27-10-2-1-7-21(27)15-25-24(20-11-12-20)17-28-26(25)16-22(34-35-28)8-4-6-14-38-19-29(36-37-38)30(39)33-18-23-9-3-5-13-32-23/h1-3,5,7,9-10,13,16,19-20H,4,6,8,11-12,14-15,17-18H2,(H,33,39). The van der Waals surface area contributed by atoms with Gasteiger partial charge in [0.25, 0.3) is 5.91 Å². The number of halogens is 1. The SMILES string of the molecule is O=C(NCc1ccccn1)c1cn(CCCCc2cc3c(nn2)CC(C2CC2)=C3Cc2ccccc2F)nn1. The molecule has 198 valence electrons. The van der Waals surface area contributed by atoms with Crippen molar-refractivity contribution in [1.29, 1.82) is 0 Å². The topological polar surface area (TPSA) is 98.5 Å². The number of carbonyl (C=O) groups excluding carboxylic acids is 1. The van der Waals surface area contributed by atoms with E-state index in [9.17, 15) is 9.18 Å². The molecule has 3 heterocycles. The Hall–Kier alpha value is -4.27. The Morgan fingerprint density at radius 1 is 1.03 bits per heavy atom. The summed E-state index contributed by atoms with van der Waals surface area (Å²) in [5.41, 5.74) is 7.57. The van der Waals surface area contributed by atoms with Crippen LogP contribution < -0.4 is 5.32 Å². The van der Waals surface area contributed by atoms with Gasteiger partial charge in [0.15, 0.2) is 5.69 Å². The van der Waals surface area contributed by atoms with Crippen molar-refractivity contribution in [2.75, 3.05) is 0 Å². The Bertz CT molecular complexity index is 1510. The summed E-state index contributed by atoms with van der Waals surface area (Å²) < 4.78 is 16.2. The van der Waals surface area contributed by atoms with Crippen LogP contribution in [0.15, 0.2) is 66.5 Å². The molecule has 1 N–H and O–H groups in total. The molecule has 0 aliphatic heterocycles. The highest BCUT2D eigenvalue weighted by atomic mass is 19.1. The molecule has 6 rings (SSSR count). The van der Waals surface area contributed by atoms with Gasteiger partial charge in [-0.15, -0.1) is 5.10 Å². The van der Waals surface area contributed by atoms with Crippen LogP contribution in [0.3, 0.4) is 0 Å². The van der Waals surface area contributed by atoms with Crippen LogP contribution in [-0.2, 0) is 32.4 Å². The minimum absolute atomic E-state index is 0.155. The Morgan fingerprint density at radius 3 is 2.72 bits per heavy atom. The van der Waals surface area contributed by atoms with E-state index in [-0.39, 0.29) is 17.4 Å². The third kappa shape index (κ3) is 5.92. The molecule has 1 amide bonds. The first-order valence-electron chi connectivity index (χ1n) is 13.5. The van der Waals surface area contributed by atoms with Crippen molar-refractivity contribution in [3.63, 3.8) is 0 Å². The fourth-order valence-corrected chi connectivity index (χ4v) is 5.15. The Morgan fingerprint density at radius 2 is 1.90 bits per heavy atom. The molecular formula is C30H30FN7O. The number of nitrogens with one attached hydrogen (secondary N) is 1. The fraction of sp³-hybridized carbons (Fsp3) is 0.333. The number of nitrogens with zero attached hydrogens (tertiary/aromatic N) is 6. The molecule has 0 saturated heterocycles. The lowest BCUT2D eigenvalue weighted by atomic mass is 9.96. The quantitative estimate of drug-likeness (QED) is 0.290. The Labute approximate surface area is 226 Å². The highest BCUT2D eigenvalue weighted by Crippen LogP contribution is 2.46. The van der Waals surface area contributed by atoms with Gasteiger partial charge in [0, 0.05) is 31.1 Å². The predicted molar refractivity (Wildman–Crippen MR) is 144 cm³/mol. The smallest absolute Gasteiger partial charge is 0.273 e. The number of allylic oxidation sites excluding steroid dienone is 2. The number of aromatic nitrogens is 6. The van der Waals surface area contributed by atoms with Gasteiger partial charge in [-0.1, -0.05) is 35.1 Å². The maximum Gasteiger partial charge on any atom is 0.273 e. The molecule has 0 spiro atoms. The summed E-state index contributed by atoms with van der Waals surface area (Å²) in [6, 6.07) is 14.8. The van der Waals surface area contributed by atoms with Gasteiger partial charge in [-0.2, -0.15) is 10.2 Å². The number of rotatable bonds is 11. The van der Waals surface area contributed by atoms with Crippen LogP contribution in [-0.4, -0.2) is 36.1 Å². The summed E-state index contributed by atoms with van der Waals surface area (Å²) in [7, 11) is 0. The zero-order chi connectivity index (χ0) is 26.6. The van der Waals surface area contributed by atoms with E-state index < -0.39 is 0 Å². The highest BCUT2D eigenvalue weighted by Gasteiger charge is 2.34. The monoisotopic (exact) mass is 523 g/mol. The van der Waals surface area contributed by atoms with Gasteiger partial charge >= 0.3 is 0 Å². The average molecular weight is 524 g/mol. The van der Waals surface area contributed by atoms with E-state index >= 15 is 0 Å². The molecule has 8 nitrogen and oxygen atoms in total. The van der Waals surface area contributed by atoms with Gasteiger partial charge in [-0.05, 0) is 73.4 Å². The number of pyridine rings is 1. The average Bonchev–Trinajstić information content (AvgIpc) is 3.59. The molecule has 1 saturated carbocycles. The lowest BCUT2D eigenvalue weighted by Crippen LogP contribution is -2.23. The second kappa shape index (κ2) is 11.2. The number of hydrogen-bond donors (Lipinski definition) is 1. The molecule has 1 aromatic carbocycles. The van der Waals surface area contributed by atoms with Crippen LogP contribution >= 0.6 is 0 Å². The number of carbonyl (C=O) groups is 1. The van der Waals surface area contributed by atoms with E-state index in [2.05, 4.69) is 36.9 Å². The lowest BCUT2D eigenvalue weighted by molar-refractivity contribution is 0.0945. The first-order chi connectivity index (χ1) is 19.1. The van der Waals surface area contributed by atoms with Crippen LogP contribution in [0, 0.1) is 11.7 Å². The Balaban J connectivity index is 1.04. The minimum atomic E-state index is -0.273. The number of unbranched alkanes of at least 4 members (excludes halogenated alkanes) is 1. The minimum Gasteiger partial charge on any atom is -0.345 e. The second-order valence-corrected chi connectivity index (χ2v) is 10.2. The highest BCUT2D eigenvalue weighted by molar-refractivity contribution is 5.91. The third-order valence-corrected chi connectivity index (χ3v) is 7.38. The van der Waals surface area contributed by atoms with Crippen molar-refractivity contribution in [1.82, 2.24) is 35.5 Å². The van der Waals surface area contributed by atoms with E-state index in [0.717, 1.165) is 53.9 Å². The summed E-state index contributed by atoms with van der Waals surface area (Å²) in [6.07, 6.45) is 9.76. The van der Waals surface area contributed by atoms with E-state index in [0.29, 0.717) is 25.4 Å². The van der Waals surface area contributed by atoms with Crippen LogP contribution in [0.1, 0.15) is 64.4 Å². The van der Waals surface area contributed by atoms with E-state index in [4.69, 9.17) is 0 Å². The zero-order valence-electron chi connectivity index (χ0n) is 21.7. The van der Waals surface area contributed by atoms with Crippen LogP contribution in [0.5, 0.6) is 0 Å². The lowest BCUT2D eigenvalue weighted by Gasteiger charge is -2.10. The molecule has 39 heavy (non-hydrogen) atoms. The van der Waals surface area contributed by atoms with Crippen molar-refractivity contribution in [2.45, 2.75) is 58.0 Å². The molecule has 2 aliphatic carbocycles. The van der Waals surface area contributed by atoms with E-state index in [1.165, 1.54) is 30.1 Å². The van der Waals surface area contributed by atoms with Crippen molar-refractivity contribution < 1.29 is 9.18 Å². The van der Waals surface area contributed by atoms with Crippen molar-refractivity contribution in [3.8, 4) is 0 Å². The second-order valence-electron chi connectivity index (χ2n) is 10.2. The van der Waals surface area contributed by atoms with Crippen LogP contribution in [0.25, 0.3) is 5.57 Å². The summed E-state index contributed by atoms with van der Waals surface area (Å²) >= 11 is 0. The molecule has 0 bridgehead atoms. The number of hydrogen-bond acceptors (Lipinski definition) is 6. The summed E-state index contributed by atoms with van der Waals surface area (Å²) in [5.74, 6) is 0.178. The van der Waals surface area contributed by atoms with E-state index in [1.807, 2.05) is 30.3 Å². The largest absolute Gasteiger partial charge is 0.345 e. The van der Waals surface area contributed by atoms with Crippen LogP contribution in [0.2, 0.25) is 0 Å². The normalized spacial score (nSPS) is 14.5. The molecule has 0 atom stereocenters. The molecular weight excluding hydrogens is 493 g/mol. The van der Waals surface area contributed by atoms with Gasteiger partial charge in [0.05, 0.1) is 29.8 Å². The van der Waals surface area contributed by atoms with Crippen molar-refractivity contribution in [2.24, 2.45) is 5.92 Å². The molecule has 4 aromatic rings. The number of amides is 1. The van der Waals surface area contributed by atoms with Gasteiger partial charge < -0.3 is 5.32 Å². The predicted octanol–water partition coefficient (Wildman–Crippen LogP) is 4.52. The van der Waals surface area contributed by atoms with Gasteiger partial charge in [-0.3, -0.25) is 14.5 Å². The molecule has 9 heteroatoms. The Kier molecular flexibility index (Phi) is 7.21. The number of aryl methyl sites for hydroxylation is 2. The third-order valence-electron chi connectivity index (χ3n) is 7.38. The summed E-state index contributed by atoms with van der Waals surface area (Å²) in [5, 5.41) is 20.0. The molecule has 1 fully saturated rings. The molecule has 3 aromatic heterocycles.